The summed E-state index contributed by atoms with van der Waals surface area (Å²) in [7, 11) is 1.94. The second-order valence-corrected chi connectivity index (χ2v) is 5.14. The Morgan fingerprint density at radius 1 is 1.32 bits per heavy atom. The molecule has 0 amide bonds. The van der Waals surface area contributed by atoms with Crippen LogP contribution in [0.15, 0.2) is 24.4 Å². The van der Waals surface area contributed by atoms with E-state index in [9.17, 15) is 0 Å². The molecule has 2 aromatic rings. The largest absolute Gasteiger partial charge is 0.316 e. The van der Waals surface area contributed by atoms with Gasteiger partial charge in [-0.15, -0.1) is 0 Å². The number of halogens is 1. The first-order chi connectivity index (χ1) is 9.17. The van der Waals surface area contributed by atoms with Gasteiger partial charge < -0.3 is 5.32 Å². The Labute approximate surface area is 119 Å². The predicted octanol–water partition coefficient (Wildman–Crippen LogP) is 3.64. The van der Waals surface area contributed by atoms with Crippen molar-refractivity contribution < 1.29 is 0 Å². The van der Waals surface area contributed by atoms with Crippen LogP contribution in [0.3, 0.4) is 0 Å². The molecule has 102 valence electrons. The molecule has 0 aliphatic heterocycles. The molecule has 0 saturated carbocycles. The Bertz CT molecular complexity index is 561. The average molecular weight is 278 g/mol. The van der Waals surface area contributed by atoms with Crippen molar-refractivity contribution in [2.45, 2.75) is 33.4 Å². The highest BCUT2D eigenvalue weighted by molar-refractivity contribution is 6.30. The molecule has 0 aliphatic rings. The smallest absolute Gasteiger partial charge is 0.0571 e. The average Bonchev–Trinajstić information content (AvgIpc) is 2.73. The zero-order valence-corrected chi connectivity index (χ0v) is 12.5. The summed E-state index contributed by atoms with van der Waals surface area (Å²) < 4.78 is 2.06. The van der Waals surface area contributed by atoms with Gasteiger partial charge in [-0.1, -0.05) is 24.6 Å². The molecule has 4 heteroatoms. The van der Waals surface area contributed by atoms with Gasteiger partial charge in [0, 0.05) is 29.4 Å². The lowest BCUT2D eigenvalue weighted by Crippen LogP contribution is -2.06. The number of aromatic nitrogens is 2. The SMILES string of the molecule is CCCn1ncc(-c2ccc(Cl)cc2CNC)c1C. The molecule has 1 heterocycles. The van der Waals surface area contributed by atoms with E-state index in [0.29, 0.717) is 0 Å². The number of aryl methyl sites for hydroxylation is 1. The predicted molar refractivity (Wildman–Crippen MR) is 80.5 cm³/mol. The van der Waals surface area contributed by atoms with Gasteiger partial charge in [-0.3, -0.25) is 4.68 Å². The Morgan fingerprint density at radius 2 is 2.11 bits per heavy atom. The maximum Gasteiger partial charge on any atom is 0.0571 e. The van der Waals surface area contributed by atoms with E-state index in [1.165, 1.54) is 22.4 Å². The van der Waals surface area contributed by atoms with E-state index in [0.717, 1.165) is 24.5 Å². The van der Waals surface area contributed by atoms with Crippen molar-refractivity contribution in [3.63, 3.8) is 0 Å². The second kappa shape index (κ2) is 6.22. The van der Waals surface area contributed by atoms with Gasteiger partial charge in [0.2, 0.25) is 0 Å². The third-order valence-corrected chi connectivity index (χ3v) is 3.50. The normalized spacial score (nSPS) is 10.9. The summed E-state index contributed by atoms with van der Waals surface area (Å²) in [6.07, 6.45) is 3.04. The molecular weight excluding hydrogens is 258 g/mol. The van der Waals surface area contributed by atoms with Gasteiger partial charge in [0.15, 0.2) is 0 Å². The molecule has 0 bridgehead atoms. The molecule has 0 spiro atoms. The van der Waals surface area contributed by atoms with Crippen LogP contribution in [0.1, 0.15) is 24.6 Å². The number of nitrogens with one attached hydrogen (secondary N) is 1. The fraction of sp³-hybridized carbons (Fsp3) is 0.400. The van der Waals surface area contributed by atoms with Crippen LogP contribution in [0.25, 0.3) is 11.1 Å². The highest BCUT2D eigenvalue weighted by Crippen LogP contribution is 2.29. The van der Waals surface area contributed by atoms with Crippen molar-refractivity contribution in [3.8, 4) is 11.1 Å². The minimum Gasteiger partial charge on any atom is -0.316 e. The van der Waals surface area contributed by atoms with Gasteiger partial charge in [0.1, 0.15) is 0 Å². The van der Waals surface area contributed by atoms with E-state index in [1.54, 1.807) is 0 Å². The van der Waals surface area contributed by atoms with E-state index in [1.807, 2.05) is 25.4 Å². The first kappa shape index (κ1) is 14.1. The fourth-order valence-electron chi connectivity index (χ4n) is 2.31. The standard InChI is InChI=1S/C15H20ClN3/c1-4-7-19-11(2)15(10-18-19)14-6-5-13(16)8-12(14)9-17-3/h5-6,8,10,17H,4,7,9H2,1-3H3. The van der Waals surface area contributed by atoms with E-state index in [-0.39, 0.29) is 0 Å². The Kier molecular flexibility index (Phi) is 4.61. The van der Waals surface area contributed by atoms with Gasteiger partial charge >= 0.3 is 0 Å². The van der Waals surface area contributed by atoms with E-state index in [4.69, 9.17) is 11.6 Å². The van der Waals surface area contributed by atoms with Crippen molar-refractivity contribution >= 4 is 11.6 Å². The molecule has 1 aromatic heterocycles. The quantitative estimate of drug-likeness (QED) is 0.904. The topological polar surface area (TPSA) is 29.9 Å². The summed E-state index contributed by atoms with van der Waals surface area (Å²) in [4.78, 5) is 0. The lowest BCUT2D eigenvalue weighted by atomic mass is 10.0. The Morgan fingerprint density at radius 3 is 2.79 bits per heavy atom. The molecule has 3 nitrogen and oxygen atoms in total. The number of hydrogen-bond donors (Lipinski definition) is 1. The van der Waals surface area contributed by atoms with Crippen molar-refractivity contribution in [2.75, 3.05) is 7.05 Å². The molecule has 0 aliphatic carbocycles. The van der Waals surface area contributed by atoms with Crippen molar-refractivity contribution in [2.24, 2.45) is 0 Å². The van der Waals surface area contributed by atoms with Crippen LogP contribution in [0.2, 0.25) is 5.02 Å². The van der Waals surface area contributed by atoms with Crippen LogP contribution in [0.4, 0.5) is 0 Å². The van der Waals surface area contributed by atoms with Crippen molar-refractivity contribution in [1.29, 1.82) is 0 Å². The summed E-state index contributed by atoms with van der Waals surface area (Å²) in [5, 5.41) is 8.43. The number of benzene rings is 1. The monoisotopic (exact) mass is 277 g/mol. The lowest BCUT2D eigenvalue weighted by Gasteiger charge is -2.10. The highest BCUT2D eigenvalue weighted by Gasteiger charge is 2.12. The number of rotatable bonds is 5. The zero-order valence-electron chi connectivity index (χ0n) is 11.7. The summed E-state index contributed by atoms with van der Waals surface area (Å²) in [6, 6.07) is 6.03. The maximum absolute atomic E-state index is 6.09. The van der Waals surface area contributed by atoms with Gasteiger partial charge in [-0.25, -0.2) is 0 Å². The van der Waals surface area contributed by atoms with Crippen LogP contribution in [-0.2, 0) is 13.1 Å². The molecular formula is C15H20ClN3. The minimum absolute atomic E-state index is 0.771. The first-order valence-electron chi connectivity index (χ1n) is 6.63. The zero-order chi connectivity index (χ0) is 13.8. The van der Waals surface area contributed by atoms with Gasteiger partial charge in [-0.2, -0.15) is 5.10 Å². The van der Waals surface area contributed by atoms with E-state index < -0.39 is 0 Å². The lowest BCUT2D eigenvalue weighted by molar-refractivity contribution is 0.587. The third-order valence-electron chi connectivity index (χ3n) is 3.26. The molecule has 0 radical (unpaired) electrons. The summed E-state index contributed by atoms with van der Waals surface area (Å²) in [5.74, 6) is 0. The number of nitrogens with zero attached hydrogens (tertiary/aromatic N) is 2. The van der Waals surface area contributed by atoms with Gasteiger partial charge in [0.25, 0.3) is 0 Å². The second-order valence-electron chi connectivity index (χ2n) is 4.70. The molecule has 1 aromatic carbocycles. The van der Waals surface area contributed by atoms with Gasteiger partial charge in [-0.05, 0) is 43.7 Å². The Balaban J connectivity index is 2.46. The molecule has 0 unspecified atom stereocenters. The molecule has 0 fully saturated rings. The molecule has 0 atom stereocenters. The van der Waals surface area contributed by atoms with Crippen LogP contribution in [0.5, 0.6) is 0 Å². The summed E-state index contributed by atoms with van der Waals surface area (Å²) >= 11 is 6.09. The highest BCUT2D eigenvalue weighted by atomic mass is 35.5. The molecule has 19 heavy (non-hydrogen) atoms. The summed E-state index contributed by atoms with van der Waals surface area (Å²) in [5.41, 5.74) is 4.81. The fourth-order valence-corrected chi connectivity index (χ4v) is 2.50. The minimum atomic E-state index is 0.771. The van der Waals surface area contributed by atoms with E-state index in [2.05, 4.69) is 35.0 Å². The maximum atomic E-state index is 6.09. The van der Waals surface area contributed by atoms with Gasteiger partial charge in [0.05, 0.1) is 6.20 Å². The molecule has 0 saturated heterocycles. The van der Waals surface area contributed by atoms with Crippen LogP contribution in [-0.4, -0.2) is 16.8 Å². The van der Waals surface area contributed by atoms with Crippen LogP contribution < -0.4 is 5.32 Å². The number of hydrogen-bond acceptors (Lipinski definition) is 2. The summed E-state index contributed by atoms with van der Waals surface area (Å²) in [6.45, 7) is 6.04. The van der Waals surface area contributed by atoms with E-state index >= 15 is 0 Å². The molecule has 1 N–H and O–H groups in total. The third kappa shape index (κ3) is 2.99. The van der Waals surface area contributed by atoms with Crippen molar-refractivity contribution in [3.05, 3.63) is 40.7 Å². The van der Waals surface area contributed by atoms with Crippen LogP contribution in [0, 0.1) is 6.92 Å². The Hall–Kier alpha value is -1.32. The molecule has 2 rings (SSSR count). The van der Waals surface area contributed by atoms with Crippen molar-refractivity contribution in [1.82, 2.24) is 15.1 Å². The first-order valence-corrected chi connectivity index (χ1v) is 7.01. The van der Waals surface area contributed by atoms with Crippen LogP contribution >= 0.6 is 11.6 Å².